The molecule has 6 atom stereocenters. The van der Waals surface area contributed by atoms with E-state index in [4.69, 9.17) is 9.47 Å². The molecule has 5 fully saturated rings. The van der Waals surface area contributed by atoms with Crippen LogP contribution in [0, 0.1) is 17.3 Å². The van der Waals surface area contributed by atoms with Gasteiger partial charge in [-0.05, 0) is 76.0 Å². The van der Waals surface area contributed by atoms with Gasteiger partial charge in [0, 0.05) is 36.1 Å². The van der Waals surface area contributed by atoms with Crippen molar-refractivity contribution < 1.29 is 19.4 Å². The number of nitrogens with zero attached hydrogens (tertiary/aromatic N) is 1. The summed E-state index contributed by atoms with van der Waals surface area (Å²) in [4.78, 5) is 15.7. The van der Waals surface area contributed by atoms with Crippen molar-refractivity contribution >= 4 is 5.78 Å². The van der Waals surface area contributed by atoms with Crippen LogP contribution in [0.4, 0.5) is 0 Å². The highest BCUT2D eigenvalue weighted by molar-refractivity contribution is 5.81. The number of ether oxygens (including phenoxy) is 2. The summed E-state index contributed by atoms with van der Waals surface area (Å²) in [7, 11) is 1.76. The molecular weight excluding hydrogens is 378 g/mol. The lowest BCUT2D eigenvalue weighted by atomic mass is 9.34. The maximum atomic E-state index is 12.9. The fraction of sp³-hybridized carbons (Fsp3) is 0.720. The summed E-state index contributed by atoms with van der Waals surface area (Å²) in [6, 6.07) is 4.40. The molecule has 5 heteroatoms. The van der Waals surface area contributed by atoms with Crippen LogP contribution in [0.1, 0.15) is 56.6 Å². The summed E-state index contributed by atoms with van der Waals surface area (Å²) in [5.74, 6) is 1.89. The van der Waals surface area contributed by atoms with E-state index < -0.39 is 5.60 Å². The van der Waals surface area contributed by atoms with Gasteiger partial charge in [-0.2, -0.15) is 0 Å². The molecule has 4 bridgehead atoms. The number of phenols is 1. The van der Waals surface area contributed by atoms with Crippen molar-refractivity contribution in [3.8, 4) is 11.5 Å². The molecule has 160 valence electrons. The number of carbonyl (C=O) groups is 1. The molecule has 2 heterocycles. The Kier molecular flexibility index (Phi) is 3.25. The minimum atomic E-state index is -0.586. The molecule has 1 aromatic rings. The third-order valence-electron chi connectivity index (χ3n) is 10.2. The van der Waals surface area contributed by atoms with Crippen molar-refractivity contribution in [2.24, 2.45) is 17.3 Å². The van der Waals surface area contributed by atoms with Gasteiger partial charge in [-0.3, -0.25) is 9.69 Å². The molecule has 2 spiro atoms. The minimum absolute atomic E-state index is 0.0352. The van der Waals surface area contributed by atoms with E-state index in [1.807, 2.05) is 6.07 Å². The Balaban J connectivity index is 1.49. The van der Waals surface area contributed by atoms with E-state index >= 15 is 0 Å². The fourth-order valence-electron chi connectivity index (χ4n) is 8.87. The number of hydrogen-bond acceptors (Lipinski definition) is 5. The van der Waals surface area contributed by atoms with E-state index in [1.165, 1.54) is 30.5 Å². The molecule has 0 amide bonds. The molecule has 0 radical (unpaired) electrons. The third kappa shape index (κ3) is 1.76. The van der Waals surface area contributed by atoms with Crippen molar-refractivity contribution in [1.29, 1.82) is 0 Å². The molecule has 4 saturated carbocycles. The van der Waals surface area contributed by atoms with Crippen molar-refractivity contribution in [1.82, 2.24) is 4.90 Å². The first-order chi connectivity index (χ1) is 14.5. The van der Waals surface area contributed by atoms with E-state index in [0.29, 0.717) is 11.8 Å². The van der Waals surface area contributed by atoms with Crippen LogP contribution in [0.15, 0.2) is 12.1 Å². The largest absolute Gasteiger partial charge is 0.504 e. The number of fused-ring (bicyclic) bond motifs is 2. The fourth-order valence-corrected chi connectivity index (χ4v) is 8.87. The van der Waals surface area contributed by atoms with Gasteiger partial charge in [0.2, 0.25) is 0 Å². The summed E-state index contributed by atoms with van der Waals surface area (Å²) in [6.07, 6.45) is 7.46. The number of likely N-dealkylation sites (tertiary alicyclic amines) is 1. The van der Waals surface area contributed by atoms with Gasteiger partial charge in [0.05, 0.1) is 5.92 Å². The summed E-state index contributed by atoms with van der Waals surface area (Å²) >= 11 is 0. The second-order valence-corrected chi connectivity index (χ2v) is 11.0. The lowest BCUT2D eigenvalue weighted by Crippen LogP contribution is -2.81. The van der Waals surface area contributed by atoms with E-state index in [-0.39, 0.29) is 34.4 Å². The van der Waals surface area contributed by atoms with Gasteiger partial charge in [0.25, 0.3) is 0 Å². The lowest BCUT2D eigenvalue weighted by molar-refractivity contribution is -0.271. The van der Waals surface area contributed by atoms with Gasteiger partial charge < -0.3 is 14.6 Å². The maximum absolute atomic E-state index is 12.9. The van der Waals surface area contributed by atoms with E-state index in [9.17, 15) is 9.90 Å². The van der Waals surface area contributed by atoms with Crippen LogP contribution in [0.2, 0.25) is 0 Å². The Morgan fingerprint density at radius 2 is 2.13 bits per heavy atom. The lowest BCUT2D eigenvalue weighted by Gasteiger charge is -2.73. The zero-order valence-electron chi connectivity index (χ0n) is 17.9. The summed E-state index contributed by atoms with van der Waals surface area (Å²) < 4.78 is 13.0. The van der Waals surface area contributed by atoms with E-state index in [2.05, 4.69) is 11.0 Å². The number of benzene rings is 1. The number of aromatic hydroxyl groups is 1. The van der Waals surface area contributed by atoms with Crippen LogP contribution in [0.5, 0.6) is 11.5 Å². The molecule has 1 saturated heterocycles. The number of phenolic OH excluding ortho intramolecular Hbond substituents is 1. The average molecular weight is 410 g/mol. The first kappa shape index (κ1) is 18.0. The average Bonchev–Trinajstić information content (AvgIpc) is 3.48. The minimum Gasteiger partial charge on any atom is -0.504 e. The number of rotatable bonds is 4. The second kappa shape index (κ2) is 5.42. The van der Waals surface area contributed by atoms with Crippen molar-refractivity contribution in [2.75, 3.05) is 20.2 Å². The van der Waals surface area contributed by atoms with Gasteiger partial charge in [-0.1, -0.05) is 6.07 Å². The SMILES string of the molecule is CO[C@]12CC[C@@]3(C[C@@H]1C(C)=O)[C@H]1Cc4ccc(O)c5c4[C@@]3(CCN1CC1CC1)[C@H]2O5. The number of ketones is 1. The predicted octanol–water partition coefficient (Wildman–Crippen LogP) is 3.21. The number of Topliss-reactive ketones (excluding diaryl/α,β-unsaturated/α-hetero) is 1. The summed E-state index contributed by atoms with van der Waals surface area (Å²) in [5.41, 5.74) is 1.92. The van der Waals surface area contributed by atoms with Crippen LogP contribution in [-0.2, 0) is 21.4 Å². The smallest absolute Gasteiger partial charge is 0.165 e. The molecule has 30 heavy (non-hydrogen) atoms. The van der Waals surface area contributed by atoms with Gasteiger partial charge in [0.15, 0.2) is 11.5 Å². The number of piperidine rings is 1. The zero-order valence-corrected chi connectivity index (χ0v) is 17.9. The zero-order chi connectivity index (χ0) is 20.5. The molecule has 8 rings (SSSR count). The molecule has 5 aliphatic carbocycles. The van der Waals surface area contributed by atoms with Crippen LogP contribution in [0.25, 0.3) is 0 Å². The third-order valence-corrected chi connectivity index (χ3v) is 10.2. The summed E-state index contributed by atoms with van der Waals surface area (Å²) in [6.45, 7) is 4.03. The Morgan fingerprint density at radius 1 is 1.30 bits per heavy atom. The Hall–Kier alpha value is -1.59. The van der Waals surface area contributed by atoms with Crippen LogP contribution < -0.4 is 4.74 Å². The molecule has 2 aliphatic heterocycles. The number of hydrogen-bond donors (Lipinski definition) is 1. The van der Waals surface area contributed by atoms with Crippen LogP contribution >= 0.6 is 0 Å². The van der Waals surface area contributed by atoms with Gasteiger partial charge in [0.1, 0.15) is 17.5 Å². The van der Waals surface area contributed by atoms with Crippen LogP contribution in [0.3, 0.4) is 0 Å². The highest BCUT2D eigenvalue weighted by atomic mass is 16.6. The second-order valence-electron chi connectivity index (χ2n) is 11.0. The summed E-state index contributed by atoms with van der Waals surface area (Å²) in [5, 5.41) is 10.8. The van der Waals surface area contributed by atoms with Gasteiger partial charge in [-0.15, -0.1) is 0 Å². The topological polar surface area (TPSA) is 59.0 Å². The van der Waals surface area contributed by atoms with Crippen molar-refractivity contribution in [3.63, 3.8) is 0 Å². The Labute approximate surface area is 177 Å². The van der Waals surface area contributed by atoms with E-state index in [1.54, 1.807) is 14.0 Å². The Morgan fingerprint density at radius 3 is 2.87 bits per heavy atom. The highest BCUT2D eigenvalue weighted by Gasteiger charge is 2.81. The van der Waals surface area contributed by atoms with E-state index in [0.717, 1.165) is 44.6 Å². The van der Waals surface area contributed by atoms with Gasteiger partial charge in [-0.25, -0.2) is 0 Å². The Bertz CT molecular complexity index is 972. The van der Waals surface area contributed by atoms with Crippen molar-refractivity contribution in [2.45, 2.75) is 75.0 Å². The number of methoxy groups -OCH3 is 1. The molecule has 1 aromatic carbocycles. The molecule has 0 aromatic heterocycles. The first-order valence-electron chi connectivity index (χ1n) is 11.8. The maximum Gasteiger partial charge on any atom is 0.165 e. The number of carbonyl (C=O) groups excluding carboxylic acids is 1. The van der Waals surface area contributed by atoms with Crippen molar-refractivity contribution in [3.05, 3.63) is 23.3 Å². The molecule has 5 nitrogen and oxygen atoms in total. The molecular formula is C25H31NO4. The quantitative estimate of drug-likeness (QED) is 0.828. The standard InChI is InChI=1S/C25H31NO4/c1-14(27)17-12-23-7-8-25(17,29-2)22-24(23)9-10-26(13-15-3-4-15)19(23)11-16-5-6-18(28)21(30-22)20(16)24/h5-6,15,17,19,22,28H,3-4,7-13H2,1-2H3/t17-,19-,22-,23-,24+,25-/m1/s1. The normalized spacial score (nSPS) is 45.2. The molecule has 1 N–H and O–H groups in total. The molecule has 7 aliphatic rings. The molecule has 0 unspecified atom stereocenters. The monoisotopic (exact) mass is 409 g/mol. The first-order valence-corrected chi connectivity index (χ1v) is 11.8. The highest BCUT2D eigenvalue weighted by Crippen LogP contribution is 2.76. The van der Waals surface area contributed by atoms with Crippen LogP contribution in [-0.4, -0.2) is 53.7 Å². The van der Waals surface area contributed by atoms with Gasteiger partial charge >= 0.3 is 0 Å². The predicted molar refractivity (Wildman–Crippen MR) is 111 cm³/mol.